The summed E-state index contributed by atoms with van der Waals surface area (Å²) in [7, 11) is -3.58. The number of benzene rings is 2. The summed E-state index contributed by atoms with van der Waals surface area (Å²) in [5.41, 5.74) is 1.08. The van der Waals surface area contributed by atoms with Crippen molar-refractivity contribution < 1.29 is 22.3 Å². The predicted octanol–water partition coefficient (Wildman–Crippen LogP) is 2.86. The fourth-order valence-corrected chi connectivity index (χ4v) is 4.54. The van der Waals surface area contributed by atoms with Gasteiger partial charge in [0.15, 0.2) is 6.61 Å². The lowest BCUT2D eigenvalue weighted by Crippen LogP contribution is -2.51. The number of nitrogens with zero attached hydrogens (tertiary/aromatic N) is 2. The van der Waals surface area contributed by atoms with E-state index in [1.54, 1.807) is 17.0 Å². The number of sulfonamides is 1. The molecule has 1 saturated heterocycles. The van der Waals surface area contributed by atoms with Crippen LogP contribution in [-0.2, 0) is 14.8 Å². The van der Waals surface area contributed by atoms with Crippen LogP contribution in [0.4, 0.5) is 4.39 Å². The van der Waals surface area contributed by atoms with Gasteiger partial charge in [-0.05, 0) is 47.9 Å². The quantitative estimate of drug-likeness (QED) is 0.721. The first-order valence-electron chi connectivity index (χ1n) is 9.53. The fourth-order valence-electron chi connectivity index (χ4n) is 3.12. The lowest BCUT2D eigenvalue weighted by atomic mass is 10.0. The maximum Gasteiger partial charge on any atom is 0.260 e. The van der Waals surface area contributed by atoms with E-state index in [0.717, 1.165) is 5.56 Å². The predicted molar refractivity (Wildman–Crippen MR) is 108 cm³/mol. The van der Waals surface area contributed by atoms with Crippen molar-refractivity contribution in [3.05, 3.63) is 59.9 Å². The van der Waals surface area contributed by atoms with Crippen LogP contribution < -0.4 is 4.74 Å². The minimum Gasteiger partial charge on any atom is -0.484 e. The van der Waals surface area contributed by atoms with Gasteiger partial charge in [0.1, 0.15) is 11.6 Å². The van der Waals surface area contributed by atoms with E-state index in [0.29, 0.717) is 24.8 Å². The fraction of sp³-hybridized carbons (Fsp3) is 0.381. The average Bonchev–Trinajstić information content (AvgIpc) is 2.73. The van der Waals surface area contributed by atoms with Gasteiger partial charge in [0, 0.05) is 26.2 Å². The minimum atomic E-state index is -3.58. The maximum atomic E-state index is 12.9. The summed E-state index contributed by atoms with van der Waals surface area (Å²) < 4.78 is 45.4. The molecule has 8 heteroatoms. The van der Waals surface area contributed by atoms with E-state index in [9.17, 15) is 17.6 Å². The lowest BCUT2D eigenvalue weighted by molar-refractivity contribution is -0.134. The molecular formula is C21H25FN2O4S. The summed E-state index contributed by atoms with van der Waals surface area (Å²) >= 11 is 0. The highest BCUT2D eigenvalue weighted by atomic mass is 32.2. The van der Waals surface area contributed by atoms with Gasteiger partial charge in [0.05, 0.1) is 4.90 Å². The van der Waals surface area contributed by atoms with Crippen LogP contribution in [0.25, 0.3) is 0 Å². The molecular weight excluding hydrogens is 395 g/mol. The molecule has 1 heterocycles. The van der Waals surface area contributed by atoms with Crippen molar-refractivity contribution in [3.8, 4) is 5.75 Å². The smallest absolute Gasteiger partial charge is 0.260 e. The molecule has 0 saturated carbocycles. The molecule has 3 rings (SSSR count). The van der Waals surface area contributed by atoms with Gasteiger partial charge in [-0.15, -0.1) is 0 Å². The summed E-state index contributed by atoms with van der Waals surface area (Å²) in [6, 6.07) is 12.4. The molecule has 0 atom stereocenters. The summed E-state index contributed by atoms with van der Waals surface area (Å²) in [5.74, 6) is 0.136. The third-order valence-corrected chi connectivity index (χ3v) is 6.86. The molecule has 0 N–H and O–H groups in total. The zero-order valence-corrected chi connectivity index (χ0v) is 17.4. The van der Waals surface area contributed by atoms with Crippen molar-refractivity contribution in [3.63, 3.8) is 0 Å². The van der Waals surface area contributed by atoms with E-state index in [-0.39, 0.29) is 36.3 Å². The standard InChI is InChI=1S/C21H25FN2O4S/c1-16(2)17-3-9-20(10-4-17)29(26,27)24-13-11-23(12-14-24)21(25)15-28-19-7-5-18(22)6-8-19/h3-10,16H,11-15H2,1-2H3. The van der Waals surface area contributed by atoms with Crippen LogP contribution in [-0.4, -0.2) is 56.3 Å². The van der Waals surface area contributed by atoms with Crippen LogP contribution in [0, 0.1) is 5.82 Å². The number of hydrogen-bond donors (Lipinski definition) is 0. The Morgan fingerprint density at radius 3 is 2.14 bits per heavy atom. The zero-order chi connectivity index (χ0) is 21.0. The Kier molecular flexibility index (Phi) is 6.54. The Bertz CT molecular complexity index is 936. The Balaban J connectivity index is 1.54. The summed E-state index contributed by atoms with van der Waals surface area (Å²) in [6.45, 7) is 5.01. The topological polar surface area (TPSA) is 66.9 Å². The van der Waals surface area contributed by atoms with Gasteiger partial charge >= 0.3 is 0 Å². The van der Waals surface area contributed by atoms with E-state index in [2.05, 4.69) is 13.8 Å². The first-order valence-corrected chi connectivity index (χ1v) is 11.0. The van der Waals surface area contributed by atoms with Crippen molar-refractivity contribution in [2.45, 2.75) is 24.7 Å². The monoisotopic (exact) mass is 420 g/mol. The average molecular weight is 421 g/mol. The number of amides is 1. The molecule has 2 aromatic rings. The lowest BCUT2D eigenvalue weighted by Gasteiger charge is -2.34. The number of carbonyl (C=O) groups excluding carboxylic acids is 1. The molecule has 0 aliphatic carbocycles. The molecule has 0 bridgehead atoms. The number of ether oxygens (including phenoxy) is 1. The molecule has 29 heavy (non-hydrogen) atoms. The normalized spacial score (nSPS) is 15.5. The zero-order valence-electron chi connectivity index (χ0n) is 16.5. The molecule has 0 spiro atoms. The third-order valence-electron chi connectivity index (χ3n) is 4.95. The van der Waals surface area contributed by atoms with Gasteiger partial charge in [-0.2, -0.15) is 4.31 Å². The van der Waals surface area contributed by atoms with E-state index in [1.165, 1.54) is 28.6 Å². The van der Waals surface area contributed by atoms with E-state index < -0.39 is 10.0 Å². The van der Waals surface area contributed by atoms with Gasteiger partial charge in [-0.25, -0.2) is 12.8 Å². The largest absolute Gasteiger partial charge is 0.484 e. The van der Waals surface area contributed by atoms with Gasteiger partial charge in [-0.1, -0.05) is 26.0 Å². The Morgan fingerprint density at radius 1 is 1.00 bits per heavy atom. The summed E-state index contributed by atoms with van der Waals surface area (Å²) in [6.07, 6.45) is 0. The first kappa shape index (κ1) is 21.3. The highest BCUT2D eigenvalue weighted by Gasteiger charge is 2.30. The highest BCUT2D eigenvalue weighted by Crippen LogP contribution is 2.21. The molecule has 1 fully saturated rings. The van der Waals surface area contributed by atoms with Crippen LogP contribution >= 0.6 is 0 Å². The van der Waals surface area contributed by atoms with Gasteiger partial charge < -0.3 is 9.64 Å². The van der Waals surface area contributed by atoms with Crippen LogP contribution in [0.3, 0.4) is 0 Å². The van der Waals surface area contributed by atoms with Crippen LogP contribution in [0.2, 0.25) is 0 Å². The SMILES string of the molecule is CC(C)c1ccc(S(=O)(=O)N2CCN(C(=O)COc3ccc(F)cc3)CC2)cc1. The van der Waals surface area contributed by atoms with Gasteiger partial charge in [-0.3, -0.25) is 4.79 Å². The van der Waals surface area contributed by atoms with E-state index in [4.69, 9.17) is 4.74 Å². The van der Waals surface area contributed by atoms with Crippen molar-refractivity contribution in [1.29, 1.82) is 0 Å². The van der Waals surface area contributed by atoms with Crippen molar-refractivity contribution in [2.75, 3.05) is 32.8 Å². The number of rotatable bonds is 6. The third kappa shape index (κ3) is 5.13. The maximum absolute atomic E-state index is 12.9. The van der Waals surface area contributed by atoms with Crippen LogP contribution in [0.15, 0.2) is 53.4 Å². The highest BCUT2D eigenvalue weighted by molar-refractivity contribution is 7.89. The molecule has 0 unspecified atom stereocenters. The van der Waals surface area contributed by atoms with E-state index >= 15 is 0 Å². The van der Waals surface area contributed by atoms with Gasteiger partial charge in [0.2, 0.25) is 10.0 Å². The Morgan fingerprint density at radius 2 is 1.59 bits per heavy atom. The number of carbonyl (C=O) groups is 1. The van der Waals surface area contributed by atoms with Gasteiger partial charge in [0.25, 0.3) is 5.91 Å². The number of hydrogen-bond acceptors (Lipinski definition) is 4. The second kappa shape index (κ2) is 8.92. The molecule has 1 amide bonds. The molecule has 1 aliphatic rings. The van der Waals surface area contributed by atoms with E-state index in [1.807, 2.05) is 12.1 Å². The Hall–Kier alpha value is -2.45. The molecule has 1 aliphatic heterocycles. The summed E-state index contributed by atoms with van der Waals surface area (Å²) in [5, 5.41) is 0. The van der Waals surface area contributed by atoms with Crippen molar-refractivity contribution in [1.82, 2.24) is 9.21 Å². The van der Waals surface area contributed by atoms with Crippen LogP contribution in [0.1, 0.15) is 25.3 Å². The Labute approximate surface area is 170 Å². The minimum absolute atomic E-state index is 0.172. The second-order valence-electron chi connectivity index (χ2n) is 7.25. The second-order valence-corrected chi connectivity index (χ2v) is 9.19. The summed E-state index contributed by atoms with van der Waals surface area (Å²) in [4.78, 5) is 14.2. The number of halogens is 1. The van der Waals surface area contributed by atoms with Crippen molar-refractivity contribution in [2.24, 2.45) is 0 Å². The molecule has 6 nitrogen and oxygen atoms in total. The molecule has 0 aromatic heterocycles. The molecule has 156 valence electrons. The molecule has 2 aromatic carbocycles. The van der Waals surface area contributed by atoms with Crippen molar-refractivity contribution >= 4 is 15.9 Å². The number of piperazine rings is 1. The molecule has 0 radical (unpaired) electrons. The first-order chi connectivity index (χ1) is 13.8. The van der Waals surface area contributed by atoms with Crippen LogP contribution in [0.5, 0.6) is 5.75 Å².